The average molecular weight is 361 g/mol. The number of rotatable bonds is 4. The van der Waals surface area contributed by atoms with Gasteiger partial charge in [-0.2, -0.15) is 0 Å². The molecule has 2 aromatic heterocycles. The number of anilines is 1. The zero-order valence-electron chi connectivity index (χ0n) is 14.0. The van der Waals surface area contributed by atoms with Crippen LogP contribution in [0.3, 0.4) is 0 Å². The molecule has 0 spiro atoms. The van der Waals surface area contributed by atoms with Crippen molar-refractivity contribution in [3.63, 3.8) is 0 Å². The largest absolute Gasteiger partial charge is 0.496 e. The highest BCUT2D eigenvalue weighted by molar-refractivity contribution is 7.13. The van der Waals surface area contributed by atoms with E-state index in [1.54, 1.807) is 18.7 Å². The summed E-state index contributed by atoms with van der Waals surface area (Å²) in [5.41, 5.74) is 2.76. The summed E-state index contributed by atoms with van der Waals surface area (Å²) < 4.78 is 5.36. The summed E-state index contributed by atoms with van der Waals surface area (Å²) in [6.45, 7) is 0. The van der Waals surface area contributed by atoms with Crippen LogP contribution >= 0.6 is 11.3 Å². The van der Waals surface area contributed by atoms with Crippen molar-refractivity contribution < 1.29 is 9.53 Å². The van der Waals surface area contributed by atoms with Gasteiger partial charge in [-0.3, -0.25) is 9.78 Å². The lowest BCUT2D eigenvalue weighted by molar-refractivity contribution is 0.102. The summed E-state index contributed by atoms with van der Waals surface area (Å²) in [6.07, 6.45) is 1.65. The van der Waals surface area contributed by atoms with Crippen molar-refractivity contribution in [2.45, 2.75) is 0 Å². The number of nitrogens with one attached hydrogen (secondary N) is 1. The second-order valence-corrected chi connectivity index (χ2v) is 6.47. The molecule has 0 atom stereocenters. The van der Waals surface area contributed by atoms with Crippen molar-refractivity contribution in [2.24, 2.45) is 0 Å². The van der Waals surface area contributed by atoms with Crippen LogP contribution in [0.25, 0.3) is 21.5 Å². The van der Waals surface area contributed by atoms with Gasteiger partial charge < -0.3 is 10.1 Å². The maximum atomic E-state index is 12.5. The molecule has 5 nitrogen and oxygen atoms in total. The van der Waals surface area contributed by atoms with E-state index >= 15 is 0 Å². The third-order valence-electron chi connectivity index (χ3n) is 3.92. The smallest absolute Gasteiger partial charge is 0.275 e. The number of thiazole rings is 1. The number of amides is 1. The van der Waals surface area contributed by atoms with Crippen molar-refractivity contribution in [3.8, 4) is 16.3 Å². The first kappa shape index (κ1) is 16.2. The number of methoxy groups -OCH3 is 1. The third-order valence-corrected chi connectivity index (χ3v) is 4.80. The van der Waals surface area contributed by atoms with Crippen LogP contribution in [0, 0.1) is 0 Å². The predicted octanol–water partition coefficient (Wildman–Crippen LogP) is 4.62. The summed E-state index contributed by atoms with van der Waals surface area (Å²) in [7, 11) is 1.62. The maximum absolute atomic E-state index is 12.5. The molecule has 1 amide bonds. The number of carbonyl (C=O) groups excluding carboxylic acids is 1. The van der Waals surface area contributed by atoms with E-state index in [0.29, 0.717) is 11.4 Å². The monoisotopic (exact) mass is 361 g/mol. The predicted molar refractivity (Wildman–Crippen MR) is 104 cm³/mol. The molecular formula is C20H15N3O2S. The van der Waals surface area contributed by atoms with E-state index in [-0.39, 0.29) is 5.91 Å². The topological polar surface area (TPSA) is 64.1 Å². The number of ether oxygens (including phenoxy) is 1. The molecule has 0 saturated carbocycles. The molecule has 0 fully saturated rings. The van der Waals surface area contributed by atoms with Crippen molar-refractivity contribution in [2.75, 3.05) is 12.4 Å². The van der Waals surface area contributed by atoms with Crippen LogP contribution in [0.4, 0.5) is 5.69 Å². The van der Waals surface area contributed by atoms with Gasteiger partial charge in [0.25, 0.3) is 5.91 Å². The van der Waals surface area contributed by atoms with Crippen LogP contribution < -0.4 is 10.1 Å². The molecule has 4 rings (SSSR count). The number of para-hydroxylation sites is 2. The van der Waals surface area contributed by atoms with E-state index in [9.17, 15) is 4.79 Å². The molecule has 1 N–H and O–H groups in total. The fourth-order valence-corrected chi connectivity index (χ4v) is 3.49. The number of pyridine rings is 1. The molecule has 6 heteroatoms. The Bertz CT molecular complexity index is 1090. The number of benzene rings is 2. The lowest BCUT2D eigenvalue weighted by atomic mass is 10.2. The number of hydrogen-bond acceptors (Lipinski definition) is 5. The Morgan fingerprint density at radius 2 is 1.92 bits per heavy atom. The Kier molecular flexibility index (Phi) is 4.33. The van der Waals surface area contributed by atoms with Crippen LogP contribution in [-0.4, -0.2) is 23.0 Å². The first-order valence-corrected chi connectivity index (χ1v) is 8.87. The minimum Gasteiger partial charge on any atom is -0.496 e. The van der Waals surface area contributed by atoms with Crippen LogP contribution in [-0.2, 0) is 0 Å². The van der Waals surface area contributed by atoms with Gasteiger partial charge in [0.05, 0.1) is 30.1 Å². The lowest BCUT2D eigenvalue weighted by Crippen LogP contribution is -2.12. The minimum absolute atomic E-state index is 0.264. The Morgan fingerprint density at radius 3 is 2.81 bits per heavy atom. The van der Waals surface area contributed by atoms with E-state index in [1.165, 1.54) is 11.3 Å². The molecule has 2 heterocycles. The number of carbonyl (C=O) groups is 1. The van der Waals surface area contributed by atoms with Gasteiger partial charge in [0.2, 0.25) is 0 Å². The molecular weight excluding hydrogens is 346 g/mol. The van der Waals surface area contributed by atoms with E-state index < -0.39 is 0 Å². The standard InChI is InChI=1S/C20H15N3O2S/c1-25-18-9-5-3-7-15(18)20-23-17(12-26-20)19(24)22-14-10-13-6-2-4-8-16(13)21-11-14/h2-12H,1H3,(H,22,24). The van der Waals surface area contributed by atoms with E-state index in [0.717, 1.165) is 27.2 Å². The zero-order valence-corrected chi connectivity index (χ0v) is 14.8. The van der Waals surface area contributed by atoms with Gasteiger partial charge in [-0.25, -0.2) is 4.98 Å². The maximum Gasteiger partial charge on any atom is 0.275 e. The molecule has 0 unspecified atom stereocenters. The molecule has 4 aromatic rings. The van der Waals surface area contributed by atoms with Gasteiger partial charge in [-0.15, -0.1) is 11.3 Å². The van der Waals surface area contributed by atoms with E-state index in [2.05, 4.69) is 15.3 Å². The number of aromatic nitrogens is 2. The normalized spacial score (nSPS) is 10.7. The molecule has 0 bridgehead atoms. The Labute approximate surface area is 154 Å². The summed E-state index contributed by atoms with van der Waals surface area (Å²) in [5.74, 6) is 0.465. The first-order valence-electron chi connectivity index (χ1n) is 7.99. The molecule has 0 radical (unpaired) electrons. The van der Waals surface area contributed by atoms with E-state index in [1.807, 2.05) is 54.6 Å². The van der Waals surface area contributed by atoms with Crippen molar-refractivity contribution in [1.82, 2.24) is 9.97 Å². The van der Waals surface area contributed by atoms with Crippen LogP contribution in [0.15, 0.2) is 66.2 Å². The fraction of sp³-hybridized carbons (Fsp3) is 0.0500. The van der Waals surface area contributed by atoms with Crippen molar-refractivity contribution >= 4 is 33.8 Å². The van der Waals surface area contributed by atoms with Crippen molar-refractivity contribution in [3.05, 3.63) is 71.9 Å². The summed E-state index contributed by atoms with van der Waals surface area (Å²) in [4.78, 5) is 21.3. The fourth-order valence-electron chi connectivity index (χ4n) is 2.66. The second-order valence-electron chi connectivity index (χ2n) is 5.61. The van der Waals surface area contributed by atoms with Gasteiger partial charge >= 0.3 is 0 Å². The second kappa shape index (κ2) is 6.93. The summed E-state index contributed by atoms with van der Waals surface area (Å²) >= 11 is 1.41. The van der Waals surface area contributed by atoms with Gasteiger partial charge in [-0.05, 0) is 24.3 Å². The summed E-state index contributed by atoms with van der Waals surface area (Å²) in [6, 6.07) is 17.3. The highest BCUT2D eigenvalue weighted by Gasteiger charge is 2.14. The van der Waals surface area contributed by atoms with Crippen LogP contribution in [0.5, 0.6) is 5.75 Å². The Balaban J connectivity index is 1.58. The Hall–Kier alpha value is -3.25. The van der Waals surface area contributed by atoms with Crippen molar-refractivity contribution in [1.29, 1.82) is 0 Å². The van der Waals surface area contributed by atoms with Gasteiger partial charge in [0.1, 0.15) is 16.5 Å². The first-order chi connectivity index (χ1) is 12.7. The average Bonchev–Trinajstić information content (AvgIpc) is 3.18. The number of fused-ring (bicyclic) bond motifs is 1. The van der Waals surface area contributed by atoms with Gasteiger partial charge in [-0.1, -0.05) is 30.3 Å². The Morgan fingerprint density at radius 1 is 1.12 bits per heavy atom. The molecule has 0 saturated heterocycles. The van der Waals surface area contributed by atoms with E-state index in [4.69, 9.17) is 4.74 Å². The third kappa shape index (κ3) is 3.14. The molecule has 0 aliphatic carbocycles. The SMILES string of the molecule is COc1ccccc1-c1nc(C(=O)Nc2cnc3ccccc3c2)cs1. The minimum atomic E-state index is -0.264. The molecule has 0 aliphatic rings. The zero-order chi connectivity index (χ0) is 17.9. The lowest BCUT2D eigenvalue weighted by Gasteiger charge is -2.05. The van der Waals surface area contributed by atoms with Crippen LogP contribution in [0.2, 0.25) is 0 Å². The summed E-state index contributed by atoms with van der Waals surface area (Å²) in [5, 5.41) is 6.31. The number of nitrogens with zero attached hydrogens (tertiary/aromatic N) is 2. The molecule has 128 valence electrons. The molecule has 26 heavy (non-hydrogen) atoms. The highest BCUT2D eigenvalue weighted by atomic mass is 32.1. The van der Waals surface area contributed by atoms with Crippen LogP contribution in [0.1, 0.15) is 10.5 Å². The van der Waals surface area contributed by atoms with Gasteiger partial charge in [0, 0.05) is 10.8 Å². The highest BCUT2D eigenvalue weighted by Crippen LogP contribution is 2.32. The quantitative estimate of drug-likeness (QED) is 0.576. The molecule has 0 aliphatic heterocycles. The molecule has 2 aromatic carbocycles. The van der Waals surface area contributed by atoms with Gasteiger partial charge in [0.15, 0.2) is 0 Å². The number of hydrogen-bond donors (Lipinski definition) is 1.